The molecule has 0 heterocycles. The summed E-state index contributed by atoms with van der Waals surface area (Å²) < 4.78 is 26.1. The minimum absolute atomic E-state index is 0.191. The Balaban J connectivity index is 3.97. The van der Waals surface area contributed by atoms with E-state index in [-0.39, 0.29) is 24.6 Å². The van der Waals surface area contributed by atoms with Gasteiger partial charge in [0.1, 0.15) is 6.61 Å². The summed E-state index contributed by atoms with van der Waals surface area (Å²) in [5.41, 5.74) is 0. The Bertz CT molecular complexity index is 729. The molecule has 0 aromatic heterocycles. The number of phosphoric acid groups is 1. The first-order valence-electron chi connectivity index (χ1n) is 16.3. The van der Waals surface area contributed by atoms with Crippen molar-refractivity contribution in [3.8, 4) is 0 Å². The zero-order valence-corrected chi connectivity index (χ0v) is 28.1. The van der Waals surface area contributed by atoms with Gasteiger partial charge in [0.15, 0.2) is 11.2 Å². The van der Waals surface area contributed by atoms with Crippen molar-refractivity contribution in [1.29, 1.82) is 0 Å². The number of hydrogen-bond acceptors (Lipinski definition) is 8. The molecular weight excluding hydrogens is 579 g/mol. The molecule has 0 aliphatic heterocycles. The molecule has 0 saturated heterocycles. The third-order valence-corrected chi connectivity index (χ3v) is 8.36. The summed E-state index contributed by atoms with van der Waals surface area (Å²) >= 11 is 1.40. The van der Waals surface area contributed by atoms with Crippen molar-refractivity contribution in [2.24, 2.45) is 0 Å². The van der Waals surface area contributed by atoms with Gasteiger partial charge in [-0.25, -0.2) is 4.57 Å². The van der Waals surface area contributed by atoms with Gasteiger partial charge in [-0.1, -0.05) is 128 Å². The lowest BCUT2D eigenvalue weighted by Gasteiger charge is -2.18. The summed E-state index contributed by atoms with van der Waals surface area (Å²) in [7, 11) is -4.75. The number of ether oxygens (including phenoxy) is 2. The number of unbranched alkanes of at least 4 members (excludes halogenated alkanes) is 18. The number of rotatable bonds is 30. The summed E-state index contributed by atoms with van der Waals surface area (Å²) in [6.45, 7) is 2.98. The van der Waals surface area contributed by atoms with Crippen molar-refractivity contribution in [2.75, 3.05) is 19.0 Å². The molecule has 0 unspecified atom stereocenters. The number of carbonyl (C=O) groups excluding carboxylic acids is 3. The van der Waals surface area contributed by atoms with Crippen molar-refractivity contribution >= 4 is 36.6 Å². The van der Waals surface area contributed by atoms with Crippen LogP contribution in [0.4, 0.5) is 0 Å². The molecule has 0 aliphatic carbocycles. The van der Waals surface area contributed by atoms with Gasteiger partial charge < -0.3 is 19.3 Å². The average molecular weight is 639 g/mol. The standard InChI is InChI=1S/C31H59O9PS/c1-3-4-5-6-7-8-11-15-18-21-24-31(34)40-29(27-39-41(35,36)37)26-38-30(33)23-20-17-14-12-9-10-13-16-19-22-25-42-28(2)32/h29H,3-27H2,1-2H3,(H2,35,36,37)/t29-/m1/s1. The fraction of sp³-hybridized carbons (Fsp3) is 0.903. The largest absolute Gasteiger partial charge is 0.469 e. The first kappa shape index (κ1) is 41.1. The second-order valence-corrected chi connectivity index (χ2v) is 13.6. The maximum atomic E-state index is 12.3. The average Bonchev–Trinajstić information content (AvgIpc) is 2.93. The highest BCUT2D eigenvalue weighted by Gasteiger charge is 2.22. The second kappa shape index (κ2) is 28.8. The van der Waals surface area contributed by atoms with E-state index in [0.717, 1.165) is 50.7 Å². The Kier molecular flexibility index (Phi) is 28.2. The van der Waals surface area contributed by atoms with Crippen LogP contribution in [0.2, 0.25) is 0 Å². The van der Waals surface area contributed by atoms with E-state index in [0.29, 0.717) is 12.8 Å². The van der Waals surface area contributed by atoms with E-state index in [2.05, 4.69) is 11.4 Å². The predicted octanol–water partition coefficient (Wildman–Crippen LogP) is 8.43. The first-order chi connectivity index (χ1) is 20.1. The van der Waals surface area contributed by atoms with Crippen LogP contribution in [0.5, 0.6) is 0 Å². The van der Waals surface area contributed by atoms with Crippen molar-refractivity contribution in [3.05, 3.63) is 0 Å². The lowest BCUT2D eigenvalue weighted by atomic mass is 10.1. The minimum atomic E-state index is -4.75. The highest BCUT2D eigenvalue weighted by molar-refractivity contribution is 8.13. The van der Waals surface area contributed by atoms with E-state index in [1.54, 1.807) is 6.92 Å². The van der Waals surface area contributed by atoms with Gasteiger partial charge in [-0.2, -0.15) is 0 Å². The van der Waals surface area contributed by atoms with Crippen molar-refractivity contribution in [1.82, 2.24) is 0 Å². The van der Waals surface area contributed by atoms with E-state index >= 15 is 0 Å². The maximum absolute atomic E-state index is 12.3. The van der Waals surface area contributed by atoms with Crippen LogP contribution in [0.3, 0.4) is 0 Å². The van der Waals surface area contributed by atoms with Gasteiger partial charge >= 0.3 is 19.8 Å². The molecule has 0 aromatic carbocycles. The summed E-state index contributed by atoms with van der Waals surface area (Å²) in [6, 6.07) is 0. The van der Waals surface area contributed by atoms with Gasteiger partial charge in [-0.3, -0.25) is 18.9 Å². The van der Waals surface area contributed by atoms with E-state index in [9.17, 15) is 18.9 Å². The van der Waals surface area contributed by atoms with E-state index in [1.807, 2.05) is 0 Å². The maximum Gasteiger partial charge on any atom is 0.469 e. The molecule has 0 spiro atoms. The quantitative estimate of drug-likeness (QED) is 0.0448. The van der Waals surface area contributed by atoms with Crippen molar-refractivity contribution in [3.63, 3.8) is 0 Å². The van der Waals surface area contributed by atoms with Gasteiger partial charge in [-0.15, -0.1) is 0 Å². The van der Waals surface area contributed by atoms with Crippen molar-refractivity contribution in [2.45, 2.75) is 161 Å². The highest BCUT2D eigenvalue weighted by atomic mass is 32.2. The highest BCUT2D eigenvalue weighted by Crippen LogP contribution is 2.36. The molecule has 42 heavy (non-hydrogen) atoms. The summed E-state index contributed by atoms with van der Waals surface area (Å²) in [4.78, 5) is 53.3. The fourth-order valence-corrected chi connectivity index (χ4v) is 5.55. The number of esters is 2. The molecule has 0 rings (SSSR count). The summed E-state index contributed by atoms with van der Waals surface area (Å²) in [5.74, 6) is 0.00579. The number of thioether (sulfide) groups is 1. The molecule has 248 valence electrons. The number of hydrogen-bond donors (Lipinski definition) is 2. The van der Waals surface area contributed by atoms with Gasteiger partial charge in [0, 0.05) is 25.5 Å². The molecule has 0 saturated carbocycles. The fourth-order valence-electron chi connectivity index (χ4n) is 4.56. The van der Waals surface area contributed by atoms with Crippen LogP contribution < -0.4 is 0 Å². The van der Waals surface area contributed by atoms with Gasteiger partial charge in [-0.05, 0) is 19.3 Å². The zero-order valence-electron chi connectivity index (χ0n) is 26.4. The Morgan fingerprint density at radius 2 is 1.07 bits per heavy atom. The summed E-state index contributed by atoms with van der Waals surface area (Å²) in [6.07, 6.45) is 21.7. The Morgan fingerprint density at radius 1 is 0.643 bits per heavy atom. The number of phosphoric ester groups is 1. The lowest BCUT2D eigenvalue weighted by Crippen LogP contribution is -2.29. The van der Waals surface area contributed by atoms with Gasteiger partial charge in [0.2, 0.25) is 0 Å². The first-order valence-corrected chi connectivity index (χ1v) is 18.8. The van der Waals surface area contributed by atoms with Crippen molar-refractivity contribution < 1.29 is 42.7 Å². The van der Waals surface area contributed by atoms with Crippen LogP contribution in [-0.4, -0.2) is 51.9 Å². The molecule has 0 amide bonds. The molecule has 0 radical (unpaired) electrons. The van der Waals surface area contributed by atoms with E-state index in [4.69, 9.17) is 19.3 Å². The molecule has 11 heteroatoms. The third-order valence-electron chi connectivity index (χ3n) is 6.97. The predicted molar refractivity (Wildman–Crippen MR) is 169 cm³/mol. The normalized spacial score (nSPS) is 12.3. The SMILES string of the molecule is CCCCCCCCCCCCC(=O)O[C@H](COC(=O)CCCCCCCCCCCCSC(C)=O)COP(=O)(O)O. The summed E-state index contributed by atoms with van der Waals surface area (Å²) in [5, 5.41) is 0.191. The van der Waals surface area contributed by atoms with Gasteiger partial charge in [0.25, 0.3) is 0 Å². The van der Waals surface area contributed by atoms with Crippen LogP contribution >= 0.6 is 19.6 Å². The topological polar surface area (TPSA) is 136 Å². The van der Waals surface area contributed by atoms with E-state index in [1.165, 1.54) is 82.4 Å². The Labute approximate surface area is 259 Å². The lowest BCUT2D eigenvalue weighted by molar-refractivity contribution is -0.161. The van der Waals surface area contributed by atoms with E-state index < -0.39 is 32.5 Å². The van der Waals surface area contributed by atoms with Crippen LogP contribution in [0.1, 0.15) is 155 Å². The molecule has 1 atom stereocenters. The van der Waals surface area contributed by atoms with Crippen LogP contribution in [0.15, 0.2) is 0 Å². The third kappa shape index (κ3) is 32.0. The minimum Gasteiger partial charge on any atom is -0.462 e. The second-order valence-electron chi connectivity index (χ2n) is 11.1. The van der Waals surface area contributed by atoms with Crippen LogP contribution in [0.25, 0.3) is 0 Å². The molecule has 9 nitrogen and oxygen atoms in total. The Hall–Kier alpha value is -0.930. The molecule has 0 fully saturated rings. The Morgan fingerprint density at radius 3 is 1.52 bits per heavy atom. The molecule has 0 aromatic rings. The molecule has 0 bridgehead atoms. The number of carbonyl (C=O) groups is 3. The molecule has 2 N–H and O–H groups in total. The van der Waals surface area contributed by atoms with Crippen LogP contribution in [0, 0.1) is 0 Å². The molecule has 0 aliphatic rings. The smallest absolute Gasteiger partial charge is 0.462 e. The van der Waals surface area contributed by atoms with Gasteiger partial charge in [0.05, 0.1) is 6.61 Å². The monoisotopic (exact) mass is 638 g/mol. The molecular formula is C31H59O9PS. The van der Waals surface area contributed by atoms with Crippen LogP contribution in [-0.2, 0) is 32.9 Å². The zero-order chi connectivity index (χ0) is 31.3.